The molecule has 1 N–H and O–H groups in total. The number of fused-ring (bicyclic) bond motifs is 1. The molecule has 3 aromatic rings. The third-order valence-corrected chi connectivity index (χ3v) is 3.59. The van der Waals surface area contributed by atoms with Crippen LogP contribution in [0.1, 0.15) is 11.3 Å². The molecular weight excluding hydrogens is 254 g/mol. The molecule has 5 nitrogen and oxygen atoms in total. The summed E-state index contributed by atoms with van der Waals surface area (Å²) in [4.78, 5) is 4.45. The first kappa shape index (κ1) is 11.3. The van der Waals surface area contributed by atoms with Crippen molar-refractivity contribution in [1.29, 1.82) is 0 Å². The van der Waals surface area contributed by atoms with Gasteiger partial charge in [0.1, 0.15) is 5.76 Å². The highest BCUT2D eigenvalue weighted by molar-refractivity contribution is 5.66. The van der Waals surface area contributed by atoms with Crippen LogP contribution >= 0.6 is 0 Å². The zero-order valence-electron chi connectivity index (χ0n) is 11.0. The van der Waals surface area contributed by atoms with E-state index in [9.17, 15) is 0 Å². The minimum absolute atomic E-state index is 0.537. The van der Waals surface area contributed by atoms with Gasteiger partial charge in [-0.1, -0.05) is 5.16 Å². The van der Waals surface area contributed by atoms with Crippen LogP contribution in [0.15, 0.2) is 39.5 Å². The minimum Gasteiger partial charge on any atom is -0.469 e. The van der Waals surface area contributed by atoms with Gasteiger partial charge in [-0.3, -0.25) is 0 Å². The van der Waals surface area contributed by atoms with Gasteiger partial charge < -0.3 is 14.3 Å². The lowest BCUT2D eigenvalue weighted by atomic mass is 10.1. The van der Waals surface area contributed by atoms with Crippen LogP contribution in [0.5, 0.6) is 0 Å². The van der Waals surface area contributed by atoms with Crippen molar-refractivity contribution in [3.63, 3.8) is 0 Å². The molecule has 1 aliphatic heterocycles. The summed E-state index contributed by atoms with van der Waals surface area (Å²) in [6, 6.07) is 8.01. The largest absolute Gasteiger partial charge is 0.469 e. The zero-order chi connectivity index (χ0) is 13.5. The predicted molar refractivity (Wildman–Crippen MR) is 74.4 cm³/mol. The number of benzene rings is 1. The van der Waals surface area contributed by atoms with Crippen molar-refractivity contribution in [2.45, 2.75) is 13.3 Å². The highest BCUT2D eigenvalue weighted by Crippen LogP contribution is 2.29. The molecule has 0 fully saturated rings. The van der Waals surface area contributed by atoms with Crippen molar-refractivity contribution in [2.24, 2.45) is 0 Å². The van der Waals surface area contributed by atoms with Crippen LogP contribution in [-0.2, 0) is 6.42 Å². The SMILES string of the molecule is Cc1occc1-c1noc(-c2ccc3c(c2)CCN3)n1. The Labute approximate surface area is 115 Å². The van der Waals surface area contributed by atoms with Gasteiger partial charge >= 0.3 is 0 Å². The second-order valence-electron chi connectivity index (χ2n) is 4.86. The summed E-state index contributed by atoms with van der Waals surface area (Å²) in [6.45, 7) is 2.87. The van der Waals surface area contributed by atoms with Crippen LogP contribution in [0.4, 0.5) is 5.69 Å². The standard InChI is InChI=1S/C15H13N3O2/c1-9-12(5-7-19-9)14-17-15(20-18-14)11-2-3-13-10(8-11)4-6-16-13/h2-3,5,7-8,16H,4,6H2,1H3. The number of hydrogen-bond donors (Lipinski definition) is 1. The molecule has 4 rings (SSSR count). The Kier molecular flexibility index (Phi) is 2.39. The van der Waals surface area contributed by atoms with Crippen LogP contribution in [-0.4, -0.2) is 16.7 Å². The number of aromatic nitrogens is 2. The number of furan rings is 1. The maximum Gasteiger partial charge on any atom is 0.258 e. The fourth-order valence-corrected chi connectivity index (χ4v) is 2.50. The van der Waals surface area contributed by atoms with Crippen LogP contribution in [0.3, 0.4) is 0 Å². The number of aryl methyl sites for hydroxylation is 1. The monoisotopic (exact) mass is 267 g/mol. The summed E-state index contributed by atoms with van der Waals surface area (Å²) in [5, 5.41) is 7.36. The maximum absolute atomic E-state index is 5.37. The van der Waals surface area contributed by atoms with Gasteiger partial charge in [0, 0.05) is 17.8 Å². The molecule has 0 unspecified atom stereocenters. The third-order valence-electron chi connectivity index (χ3n) is 3.59. The van der Waals surface area contributed by atoms with Crippen molar-refractivity contribution in [2.75, 3.05) is 11.9 Å². The fourth-order valence-electron chi connectivity index (χ4n) is 2.50. The maximum atomic E-state index is 5.37. The summed E-state index contributed by atoms with van der Waals surface area (Å²) in [5.41, 5.74) is 4.30. The van der Waals surface area contributed by atoms with Crippen molar-refractivity contribution in [3.05, 3.63) is 41.9 Å². The Bertz CT molecular complexity index is 773. The summed E-state index contributed by atoms with van der Waals surface area (Å²) in [6.07, 6.45) is 2.66. The van der Waals surface area contributed by atoms with E-state index in [2.05, 4.69) is 27.6 Å². The van der Waals surface area contributed by atoms with E-state index in [1.807, 2.05) is 19.1 Å². The first-order valence-electron chi connectivity index (χ1n) is 6.56. The molecule has 0 saturated heterocycles. The van der Waals surface area contributed by atoms with E-state index in [1.165, 1.54) is 11.3 Å². The molecule has 100 valence electrons. The lowest BCUT2D eigenvalue weighted by Crippen LogP contribution is -1.90. The minimum atomic E-state index is 0.537. The van der Waals surface area contributed by atoms with Crippen molar-refractivity contribution in [3.8, 4) is 22.8 Å². The van der Waals surface area contributed by atoms with Gasteiger partial charge in [0.15, 0.2) is 0 Å². The Morgan fingerprint density at radius 2 is 2.20 bits per heavy atom. The molecule has 0 aliphatic carbocycles. The fraction of sp³-hybridized carbons (Fsp3) is 0.200. The van der Waals surface area contributed by atoms with Gasteiger partial charge in [-0.05, 0) is 43.2 Å². The number of rotatable bonds is 2. The average molecular weight is 267 g/mol. The van der Waals surface area contributed by atoms with Gasteiger partial charge in [-0.15, -0.1) is 0 Å². The molecule has 0 spiro atoms. The summed E-state index contributed by atoms with van der Waals surface area (Å²) >= 11 is 0. The van der Waals surface area contributed by atoms with Crippen LogP contribution in [0.2, 0.25) is 0 Å². The number of hydrogen-bond acceptors (Lipinski definition) is 5. The summed E-state index contributed by atoms with van der Waals surface area (Å²) in [7, 11) is 0. The molecule has 0 amide bonds. The first-order chi connectivity index (χ1) is 9.81. The van der Waals surface area contributed by atoms with E-state index in [1.54, 1.807) is 6.26 Å². The molecule has 0 saturated carbocycles. The smallest absolute Gasteiger partial charge is 0.258 e. The Morgan fingerprint density at radius 3 is 3.05 bits per heavy atom. The molecular formula is C15H13N3O2. The van der Waals surface area contributed by atoms with E-state index in [0.29, 0.717) is 11.7 Å². The van der Waals surface area contributed by atoms with Gasteiger partial charge in [-0.2, -0.15) is 4.98 Å². The zero-order valence-corrected chi connectivity index (χ0v) is 11.0. The summed E-state index contributed by atoms with van der Waals surface area (Å²) < 4.78 is 10.6. The highest BCUT2D eigenvalue weighted by Gasteiger charge is 2.16. The van der Waals surface area contributed by atoms with Gasteiger partial charge in [0.2, 0.25) is 5.82 Å². The van der Waals surface area contributed by atoms with Crippen molar-refractivity contribution < 1.29 is 8.94 Å². The van der Waals surface area contributed by atoms with Crippen LogP contribution < -0.4 is 5.32 Å². The molecule has 2 aromatic heterocycles. The molecule has 20 heavy (non-hydrogen) atoms. The lowest BCUT2D eigenvalue weighted by molar-refractivity contribution is 0.432. The van der Waals surface area contributed by atoms with E-state index in [0.717, 1.165) is 29.9 Å². The topological polar surface area (TPSA) is 64.1 Å². The van der Waals surface area contributed by atoms with Gasteiger partial charge in [0.25, 0.3) is 5.89 Å². The molecule has 0 atom stereocenters. The van der Waals surface area contributed by atoms with Gasteiger partial charge in [0.05, 0.1) is 11.8 Å². The lowest BCUT2D eigenvalue weighted by Gasteiger charge is -2.00. The van der Waals surface area contributed by atoms with E-state index in [4.69, 9.17) is 8.94 Å². The quantitative estimate of drug-likeness (QED) is 0.772. The Morgan fingerprint density at radius 1 is 1.25 bits per heavy atom. The molecule has 5 heteroatoms. The second kappa shape index (κ2) is 4.23. The van der Waals surface area contributed by atoms with Gasteiger partial charge in [-0.25, -0.2) is 0 Å². The molecule has 0 bridgehead atoms. The normalized spacial score (nSPS) is 13.2. The van der Waals surface area contributed by atoms with E-state index in [-0.39, 0.29) is 0 Å². The van der Waals surface area contributed by atoms with E-state index >= 15 is 0 Å². The van der Waals surface area contributed by atoms with Crippen molar-refractivity contribution in [1.82, 2.24) is 10.1 Å². The molecule has 1 aromatic carbocycles. The molecule has 3 heterocycles. The number of anilines is 1. The highest BCUT2D eigenvalue weighted by atomic mass is 16.5. The molecule has 0 radical (unpaired) electrons. The van der Waals surface area contributed by atoms with Crippen LogP contribution in [0.25, 0.3) is 22.8 Å². The predicted octanol–water partition coefficient (Wildman–Crippen LogP) is 3.27. The third kappa shape index (κ3) is 1.71. The number of nitrogens with zero attached hydrogens (tertiary/aromatic N) is 2. The van der Waals surface area contributed by atoms with Crippen molar-refractivity contribution >= 4 is 5.69 Å². The second-order valence-corrected chi connectivity index (χ2v) is 4.86. The molecule has 1 aliphatic rings. The Hall–Kier alpha value is -2.56. The van der Waals surface area contributed by atoms with E-state index < -0.39 is 0 Å². The summed E-state index contributed by atoms with van der Waals surface area (Å²) in [5.74, 6) is 1.88. The first-order valence-corrected chi connectivity index (χ1v) is 6.56. The van der Waals surface area contributed by atoms with Crippen LogP contribution in [0, 0.1) is 6.92 Å². The number of nitrogens with one attached hydrogen (secondary N) is 1. The Balaban J connectivity index is 1.73. The average Bonchev–Trinajstić information content (AvgIpc) is 3.17.